The average molecular weight is 416 g/mol. The molecule has 0 bridgehead atoms. The number of amides is 1. The molecule has 0 radical (unpaired) electrons. The lowest BCUT2D eigenvalue weighted by molar-refractivity contribution is -0.113. The SMILES string of the molecule is Cn1c(SCC(=O)Nc2nnc(C3CCCCC3)s2)nnc1-c1ccncc1. The smallest absolute Gasteiger partial charge is 0.236 e. The first-order valence-electron chi connectivity index (χ1n) is 9.26. The molecule has 3 aromatic rings. The Morgan fingerprint density at radius 3 is 2.75 bits per heavy atom. The van der Waals surface area contributed by atoms with Crippen LogP contribution in [0, 0.1) is 0 Å². The number of nitrogens with one attached hydrogen (secondary N) is 1. The van der Waals surface area contributed by atoms with Gasteiger partial charge in [0.05, 0.1) is 5.75 Å². The zero-order valence-electron chi connectivity index (χ0n) is 15.5. The molecular formula is C18H21N7OS2. The summed E-state index contributed by atoms with van der Waals surface area (Å²) in [6.07, 6.45) is 9.58. The van der Waals surface area contributed by atoms with Crippen LogP contribution in [-0.2, 0) is 11.8 Å². The van der Waals surface area contributed by atoms with Crippen molar-refractivity contribution in [1.82, 2.24) is 29.9 Å². The highest BCUT2D eigenvalue weighted by molar-refractivity contribution is 7.99. The third kappa shape index (κ3) is 4.39. The van der Waals surface area contributed by atoms with Crippen LogP contribution in [0.3, 0.4) is 0 Å². The second-order valence-corrected chi connectivity index (χ2v) is 8.67. The zero-order valence-corrected chi connectivity index (χ0v) is 17.2. The van der Waals surface area contributed by atoms with Crippen molar-refractivity contribution in [2.45, 2.75) is 43.2 Å². The Morgan fingerprint density at radius 2 is 1.96 bits per heavy atom. The number of hydrogen-bond donors (Lipinski definition) is 1. The fourth-order valence-electron chi connectivity index (χ4n) is 3.28. The van der Waals surface area contributed by atoms with Gasteiger partial charge in [-0.2, -0.15) is 0 Å². The van der Waals surface area contributed by atoms with E-state index in [1.807, 2.05) is 23.7 Å². The predicted octanol–water partition coefficient (Wildman–Crippen LogP) is 3.51. The summed E-state index contributed by atoms with van der Waals surface area (Å²) in [7, 11) is 1.89. The van der Waals surface area contributed by atoms with Gasteiger partial charge in [0.25, 0.3) is 0 Å². The van der Waals surface area contributed by atoms with Gasteiger partial charge >= 0.3 is 0 Å². The molecular weight excluding hydrogens is 394 g/mol. The fourth-order valence-corrected chi connectivity index (χ4v) is 4.92. The lowest BCUT2D eigenvalue weighted by Gasteiger charge is -2.18. The van der Waals surface area contributed by atoms with E-state index in [1.54, 1.807) is 12.4 Å². The van der Waals surface area contributed by atoms with E-state index in [4.69, 9.17) is 0 Å². The number of hydrogen-bond acceptors (Lipinski definition) is 8. The largest absolute Gasteiger partial charge is 0.305 e. The average Bonchev–Trinajstić information content (AvgIpc) is 3.34. The third-order valence-corrected chi connectivity index (χ3v) is 6.77. The van der Waals surface area contributed by atoms with Crippen molar-refractivity contribution in [3.8, 4) is 11.4 Å². The Labute approximate surface area is 171 Å². The van der Waals surface area contributed by atoms with Gasteiger partial charge in [-0.15, -0.1) is 20.4 Å². The van der Waals surface area contributed by atoms with Gasteiger partial charge in [-0.05, 0) is 25.0 Å². The van der Waals surface area contributed by atoms with Crippen LogP contribution in [0.15, 0.2) is 29.7 Å². The highest BCUT2D eigenvalue weighted by Gasteiger charge is 2.20. The third-order valence-electron chi connectivity index (χ3n) is 4.75. The fraction of sp³-hybridized carbons (Fsp3) is 0.444. The van der Waals surface area contributed by atoms with Crippen LogP contribution in [-0.4, -0.2) is 41.6 Å². The van der Waals surface area contributed by atoms with E-state index in [9.17, 15) is 4.79 Å². The molecule has 0 aromatic carbocycles. The molecule has 1 amide bonds. The molecule has 10 heteroatoms. The van der Waals surface area contributed by atoms with Crippen molar-refractivity contribution < 1.29 is 4.79 Å². The van der Waals surface area contributed by atoms with Gasteiger partial charge in [0.15, 0.2) is 11.0 Å². The highest BCUT2D eigenvalue weighted by Crippen LogP contribution is 2.35. The molecule has 0 spiro atoms. The summed E-state index contributed by atoms with van der Waals surface area (Å²) in [5.74, 6) is 1.36. The van der Waals surface area contributed by atoms with Gasteiger partial charge in [-0.25, -0.2) is 0 Å². The van der Waals surface area contributed by atoms with Crippen molar-refractivity contribution >= 4 is 34.1 Å². The van der Waals surface area contributed by atoms with Crippen LogP contribution in [0.5, 0.6) is 0 Å². The van der Waals surface area contributed by atoms with Crippen molar-refractivity contribution in [3.63, 3.8) is 0 Å². The number of anilines is 1. The van der Waals surface area contributed by atoms with Crippen LogP contribution in [0.4, 0.5) is 5.13 Å². The summed E-state index contributed by atoms with van der Waals surface area (Å²) in [6, 6.07) is 3.76. The van der Waals surface area contributed by atoms with Gasteiger partial charge in [-0.1, -0.05) is 42.4 Å². The molecule has 1 N–H and O–H groups in total. The zero-order chi connectivity index (χ0) is 19.3. The molecule has 0 saturated heterocycles. The number of thioether (sulfide) groups is 1. The van der Waals surface area contributed by atoms with Crippen LogP contribution in [0.25, 0.3) is 11.4 Å². The first-order valence-corrected chi connectivity index (χ1v) is 11.1. The molecule has 0 aliphatic heterocycles. The molecule has 3 aromatic heterocycles. The Bertz CT molecular complexity index is 935. The van der Waals surface area contributed by atoms with Crippen LogP contribution in [0.2, 0.25) is 0 Å². The number of nitrogens with zero attached hydrogens (tertiary/aromatic N) is 6. The van der Waals surface area contributed by atoms with Gasteiger partial charge < -0.3 is 4.57 Å². The molecule has 1 fully saturated rings. The molecule has 28 heavy (non-hydrogen) atoms. The molecule has 0 atom stereocenters. The Balaban J connectivity index is 1.33. The number of carbonyl (C=O) groups excluding carboxylic acids is 1. The summed E-state index contributed by atoms with van der Waals surface area (Å²) in [6.45, 7) is 0. The normalized spacial score (nSPS) is 14.9. The number of rotatable bonds is 6. The second-order valence-electron chi connectivity index (χ2n) is 6.72. The van der Waals surface area contributed by atoms with Crippen LogP contribution in [0.1, 0.15) is 43.0 Å². The maximum absolute atomic E-state index is 12.3. The van der Waals surface area contributed by atoms with Gasteiger partial charge in [0.2, 0.25) is 11.0 Å². The minimum atomic E-state index is -0.121. The molecule has 4 rings (SSSR count). The van der Waals surface area contributed by atoms with Crippen molar-refractivity contribution in [2.24, 2.45) is 7.05 Å². The Kier molecular flexibility index (Phi) is 5.96. The first-order chi connectivity index (χ1) is 13.7. The number of aromatic nitrogens is 6. The second kappa shape index (κ2) is 8.78. The van der Waals surface area contributed by atoms with E-state index in [0.29, 0.717) is 16.2 Å². The van der Waals surface area contributed by atoms with Gasteiger partial charge in [-0.3, -0.25) is 15.1 Å². The van der Waals surface area contributed by atoms with Crippen molar-refractivity contribution in [2.75, 3.05) is 11.1 Å². The summed E-state index contributed by atoms with van der Waals surface area (Å²) >= 11 is 2.83. The summed E-state index contributed by atoms with van der Waals surface area (Å²) in [4.78, 5) is 16.3. The monoisotopic (exact) mass is 415 g/mol. The molecule has 146 valence electrons. The lowest BCUT2D eigenvalue weighted by Crippen LogP contribution is -2.14. The van der Waals surface area contributed by atoms with E-state index in [0.717, 1.165) is 16.4 Å². The van der Waals surface area contributed by atoms with Gasteiger partial charge in [0, 0.05) is 30.9 Å². The van der Waals surface area contributed by atoms with E-state index < -0.39 is 0 Å². The molecule has 3 heterocycles. The van der Waals surface area contributed by atoms with Crippen LogP contribution >= 0.6 is 23.1 Å². The first kappa shape index (κ1) is 19.0. The lowest BCUT2D eigenvalue weighted by atomic mass is 9.90. The summed E-state index contributed by atoms with van der Waals surface area (Å²) in [5, 5.41) is 22.0. The maximum Gasteiger partial charge on any atom is 0.236 e. The number of pyridine rings is 1. The molecule has 1 aliphatic rings. The van der Waals surface area contributed by atoms with Crippen LogP contribution < -0.4 is 5.32 Å². The van der Waals surface area contributed by atoms with Crippen molar-refractivity contribution in [1.29, 1.82) is 0 Å². The number of carbonyl (C=O) groups is 1. The summed E-state index contributed by atoms with van der Waals surface area (Å²) in [5.41, 5.74) is 0.936. The molecule has 1 saturated carbocycles. The Morgan fingerprint density at radius 1 is 1.18 bits per heavy atom. The Hall–Kier alpha value is -2.33. The minimum absolute atomic E-state index is 0.121. The quantitative estimate of drug-likeness (QED) is 0.615. The summed E-state index contributed by atoms with van der Waals surface area (Å²) < 4.78 is 1.87. The van der Waals surface area contributed by atoms with E-state index in [1.165, 1.54) is 55.2 Å². The molecule has 0 unspecified atom stereocenters. The van der Waals surface area contributed by atoms with E-state index in [2.05, 4.69) is 30.7 Å². The predicted molar refractivity (Wildman–Crippen MR) is 109 cm³/mol. The highest BCUT2D eigenvalue weighted by atomic mass is 32.2. The van der Waals surface area contributed by atoms with E-state index >= 15 is 0 Å². The standard InChI is InChI=1S/C18H21N7OS2/c1-25-15(12-7-9-19-10-8-12)21-24-18(25)27-11-14(26)20-17-23-22-16(28-17)13-5-3-2-4-6-13/h7-10,13H,2-6,11H2,1H3,(H,20,23,26). The molecule has 1 aliphatic carbocycles. The minimum Gasteiger partial charge on any atom is -0.305 e. The topological polar surface area (TPSA) is 98.5 Å². The molecule has 8 nitrogen and oxygen atoms in total. The maximum atomic E-state index is 12.3. The van der Waals surface area contributed by atoms with E-state index in [-0.39, 0.29) is 11.7 Å². The van der Waals surface area contributed by atoms with Gasteiger partial charge in [0.1, 0.15) is 5.01 Å². The van der Waals surface area contributed by atoms with Crippen molar-refractivity contribution in [3.05, 3.63) is 29.5 Å².